The average Bonchev–Trinajstić information content (AvgIpc) is 2.48. The van der Waals surface area contributed by atoms with Gasteiger partial charge in [-0.3, -0.25) is 0 Å². The van der Waals surface area contributed by atoms with Gasteiger partial charge in [0, 0.05) is 12.6 Å². The van der Waals surface area contributed by atoms with Crippen LogP contribution in [0.25, 0.3) is 0 Å². The van der Waals surface area contributed by atoms with Crippen molar-refractivity contribution in [3.63, 3.8) is 0 Å². The summed E-state index contributed by atoms with van der Waals surface area (Å²) >= 11 is 0. The van der Waals surface area contributed by atoms with Crippen LogP contribution in [0.15, 0.2) is 34.1 Å². The third kappa shape index (κ3) is 4.01. The lowest BCUT2D eigenvalue weighted by Crippen LogP contribution is -2.45. The van der Waals surface area contributed by atoms with Crippen LogP contribution in [-0.4, -0.2) is 43.0 Å². The second-order valence-electron chi connectivity index (χ2n) is 4.84. The smallest absolute Gasteiger partial charge is 0.240 e. The molecule has 1 aliphatic heterocycles. The molecule has 1 aromatic rings. The van der Waals surface area contributed by atoms with Crippen molar-refractivity contribution in [2.45, 2.75) is 28.7 Å². The van der Waals surface area contributed by atoms with Crippen LogP contribution >= 0.6 is 0 Å². The summed E-state index contributed by atoms with van der Waals surface area (Å²) in [5.74, 6) is 0. The molecule has 1 aliphatic rings. The lowest BCUT2D eigenvalue weighted by Gasteiger charge is -2.23. The molecule has 118 valence electrons. The van der Waals surface area contributed by atoms with Crippen molar-refractivity contribution in [2.24, 2.45) is 0 Å². The SMILES string of the molecule is CNS(=O)(=O)c1ccc(S(=O)(=O)NC2CCCNC2)cc1. The molecule has 0 amide bonds. The van der Waals surface area contributed by atoms with Crippen LogP contribution in [0.3, 0.4) is 0 Å². The van der Waals surface area contributed by atoms with Crippen LogP contribution < -0.4 is 14.8 Å². The molecule has 7 nitrogen and oxygen atoms in total. The maximum atomic E-state index is 12.2. The van der Waals surface area contributed by atoms with Gasteiger partial charge in [-0.15, -0.1) is 0 Å². The number of rotatable bonds is 5. The average molecular weight is 333 g/mol. The number of piperidine rings is 1. The van der Waals surface area contributed by atoms with E-state index < -0.39 is 20.0 Å². The summed E-state index contributed by atoms with van der Waals surface area (Å²) in [6.07, 6.45) is 1.71. The van der Waals surface area contributed by atoms with Gasteiger partial charge in [-0.05, 0) is 50.7 Å². The fraction of sp³-hybridized carbons (Fsp3) is 0.500. The molecule has 0 saturated carbocycles. The molecular formula is C12H19N3O4S2. The van der Waals surface area contributed by atoms with Gasteiger partial charge in [0.15, 0.2) is 0 Å². The number of hydrogen-bond donors (Lipinski definition) is 3. The second-order valence-corrected chi connectivity index (χ2v) is 8.44. The van der Waals surface area contributed by atoms with E-state index in [1.807, 2.05) is 0 Å². The van der Waals surface area contributed by atoms with Crippen LogP contribution in [0, 0.1) is 0 Å². The molecule has 1 fully saturated rings. The Hall–Kier alpha value is -1.00. The fourth-order valence-corrected chi connectivity index (χ4v) is 4.16. The first-order valence-corrected chi connectivity index (χ1v) is 9.58. The zero-order valence-corrected chi connectivity index (χ0v) is 13.3. The molecule has 21 heavy (non-hydrogen) atoms. The van der Waals surface area contributed by atoms with Gasteiger partial charge in [0.1, 0.15) is 0 Å². The van der Waals surface area contributed by atoms with Crippen molar-refractivity contribution < 1.29 is 16.8 Å². The van der Waals surface area contributed by atoms with Crippen LogP contribution in [0.1, 0.15) is 12.8 Å². The second kappa shape index (κ2) is 6.41. The van der Waals surface area contributed by atoms with E-state index in [1.54, 1.807) is 0 Å². The summed E-state index contributed by atoms with van der Waals surface area (Å²) in [5, 5.41) is 3.13. The zero-order valence-electron chi connectivity index (χ0n) is 11.7. The van der Waals surface area contributed by atoms with Gasteiger partial charge in [-0.2, -0.15) is 0 Å². The third-order valence-electron chi connectivity index (χ3n) is 3.33. The Kier molecular flexibility index (Phi) is 4.99. The normalized spacial score (nSPS) is 20.3. The molecule has 3 N–H and O–H groups in total. The largest absolute Gasteiger partial charge is 0.315 e. The molecule has 1 aromatic carbocycles. The monoisotopic (exact) mass is 333 g/mol. The van der Waals surface area contributed by atoms with E-state index >= 15 is 0 Å². The Balaban J connectivity index is 2.17. The Morgan fingerprint density at radius 3 is 2.10 bits per heavy atom. The van der Waals surface area contributed by atoms with Gasteiger partial charge in [0.25, 0.3) is 0 Å². The van der Waals surface area contributed by atoms with Gasteiger partial charge in [-0.1, -0.05) is 0 Å². The van der Waals surface area contributed by atoms with Gasteiger partial charge in [-0.25, -0.2) is 26.3 Å². The molecule has 0 radical (unpaired) electrons. The van der Waals surface area contributed by atoms with E-state index in [-0.39, 0.29) is 15.8 Å². The third-order valence-corrected chi connectivity index (χ3v) is 6.30. The summed E-state index contributed by atoms with van der Waals surface area (Å²) < 4.78 is 52.5. The minimum absolute atomic E-state index is 0.0308. The number of sulfonamides is 2. The number of benzene rings is 1. The van der Waals surface area contributed by atoms with Crippen molar-refractivity contribution >= 4 is 20.0 Å². The zero-order chi connectivity index (χ0) is 15.5. The lowest BCUT2D eigenvalue weighted by atomic mass is 10.1. The Morgan fingerprint density at radius 1 is 1.05 bits per heavy atom. The Morgan fingerprint density at radius 2 is 1.62 bits per heavy atom. The molecular weight excluding hydrogens is 314 g/mol. The number of hydrogen-bond acceptors (Lipinski definition) is 5. The molecule has 1 saturated heterocycles. The maximum Gasteiger partial charge on any atom is 0.240 e. The quantitative estimate of drug-likeness (QED) is 0.682. The lowest BCUT2D eigenvalue weighted by molar-refractivity contribution is 0.428. The van der Waals surface area contributed by atoms with Gasteiger partial charge in [0.2, 0.25) is 20.0 Å². The highest BCUT2D eigenvalue weighted by Crippen LogP contribution is 2.15. The molecule has 9 heteroatoms. The maximum absolute atomic E-state index is 12.2. The van der Waals surface area contributed by atoms with Crippen LogP contribution in [0.2, 0.25) is 0 Å². The first-order chi connectivity index (χ1) is 9.85. The highest BCUT2D eigenvalue weighted by Gasteiger charge is 2.22. The van der Waals surface area contributed by atoms with Crippen LogP contribution in [0.4, 0.5) is 0 Å². The minimum atomic E-state index is -3.63. The summed E-state index contributed by atoms with van der Waals surface area (Å²) in [6, 6.07) is 5.01. The Bertz CT molecular complexity index is 678. The molecule has 1 heterocycles. The van der Waals surface area contributed by atoms with Crippen molar-refractivity contribution in [1.82, 2.24) is 14.8 Å². The standard InChI is InChI=1S/C12H19N3O4S2/c1-13-20(16,17)11-4-6-12(7-5-11)21(18,19)15-10-3-2-8-14-9-10/h4-7,10,13-15H,2-3,8-9H2,1H3. The first kappa shape index (κ1) is 16.4. The molecule has 0 spiro atoms. The Labute approximate surface area is 125 Å². The van der Waals surface area contributed by atoms with E-state index in [9.17, 15) is 16.8 Å². The predicted octanol–water partition coefficient (Wildman–Crippen LogP) is -0.375. The first-order valence-electron chi connectivity index (χ1n) is 6.62. The van der Waals surface area contributed by atoms with Gasteiger partial charge in [0.05, 0.1) is 9.79 Å². The molecule has 0 aromatic heterocycles. The summed E-state index contributed by atoms with van der Waals surface area (Å²) in [5.41, 5.74) is 0. The summed E-state index contributed by atoms with van der Waals surface area (Å²) in [4.78, 5) is 0.0893. The van der Waals surface area contributed by atoms with E-state index in [0.29, 0.717) is 6.54 Å². The molecule has 0 aliphatic carbocycles. The van der Waals surface area contributed by atoms with Crippen molar-refractivity contribution in [3.05, 3.63) is 24.3 Å². The molecule has 1 unspecified atom stereocenters. The van der Waals surface area contributed by atoms with Crippen molar-refractivity contribution in [2.75, 3.05) is 20.1 Å². The van der Waals surface area contributed by atoms with Crippen molar-refractivity contribution in [1.29, 1.82) is 0 Å². The molecule has 1 atom stereocenters. The minimum Gasteiger partial charge on any atom is -0.315 e. The van der Waals surface area contributed by atoms with Gasteiger partial charge >= 0.3 is 0 Å². The predicted molar refractivity (Wildman–Crippen MR) is 78.9 cm³/mol. The summed E-state index contributed by atoms with van der Waals surface area (Å²) in [6.45, 7) is 1.50. The molecule has 0 bridgehead atoms. The summed E-state index contributed by atoms with van der Waals surface area (Å²) in [7, 11) is -5.89. The molecule has 2 rings (SSSR count). The van der Waals surface area contributed by atoms with Gasteiger partial charge < -0.3 is 5.32 Å². The topological polar surface area (TPSA) is 104 Å². The van der Waals surface area contributed by atoms with Crippen LogP contribution in [0.5, 0.6) is 0 Å². The van der Waals surface area contributed by atoms with Crippen LogP contribution in [-0.2, 0) is 20.0 Å². The van der Waals surface area contributed by atoms with E-state index in [4.69, 9.17) is 0 Å². The van der Waals surface area contributed by atoms with E-state index in [1.165, 1.54) is 31.3 Å². The van der Waals surface area contributed by atoms with E-state index in [0.717, 1.165) is 19.4 Å². The van der Waals surface area contributed by atoms with E-state index in [2.05, 4.69) is 14.8 Å². The highest BCUT2D eigenvalue weighted by atomic mass is 32.2. The number of nitrogens with one attached hydrogen (secondary N) is 3. The van der Waals surface area contributed by atoms with Crippen molar-refractivity contribution in [3.8, 4) is 0 Å². The fourth-order valence-electron chi connectivity index (χ4n) is 2.16. The highest BCUT2D eigenvalue weighted by molar-refractivity contribution is 7.90.